The van der Waals surface area contributed by atoms with E-state index in [1.807, 2.05) is 26.0 Å². The number of nitrogens with one attached hydrogen (secondary N) is 1. The average molecular weight is 397 g/mol. The van der Waals surface area contributed by atoms with Gasteiger partial charge in [-0.15, -0.1) is 0 Å². The van der Waals surface area contributed by atoms with Gasteiger partial charge < -0.3 is 10.1 Å². The lowest BCUT2D eigenvalue weighted by molar-refractivity contribution is -0.126. The number of hydrogen-bond donors (Lipinski definition) is 1. The first kappa shape index (κ1) is 21.7. The Bertz CT molecular complexity index is 693. The minimum absolute atomic E-state index is 0.0456. The van der Waals surface area contributed by atoms with Crippen molar-refractivity contribution >= 4 is 15.9 Å². The molecule has 7 heteroatoms. The number of nitrogens with zero attached hydrogens (tertiary/aromatic N) is 1. The molecule has 1 aromatic rings. The summed E-state index contributed by atoms with van der Waals surface area (Å²) >= 11 is 0. The van der Waals surface area contributed by atoms with Gasteiger partial charge in [0.25, 0.3) is 0 Å². The summed E-state index contributed by atoms with van der Waals surface area (Å²) in [6.45, 7) is 7.18. The quantitative estimate of drug-likeness (QED) is 0.651. The Morgan fingerprint density at radius 1 is 1.22 bits per heavy atom. The Morgan fingerprint density at radius 3 is 2.41 bits per heavy atom. The van der Waals surface area contributed by atoms with E-state index < -0.39 is 10.0 Å². The Balaban J connectivity index is 1.66. The van der Waals surface area contributed by atoms with E-state index in [2.05, 4.69) is 17.4 Å². The van der Waals surface area contributed by atoms with Crippen molar-refractivity contribution in [2.24, 2.45) is 5.92 Å². The normalized spacial score (nSPS) is 16.4. The molecule has 0 aliphatic carbocycles. The fraction of sp³-hybridized carbons (Fsp3) is 0.650. The van der Waals surface area contributed by atoms with Gasteiger partial charge >= 0.3 is 0 Å². The van der Waals surface area contributed by atoms with E-state index >= 15 is 0 Å². The molecule has 1 heterocycles. The van der Waals surface area contributed by atoms with Crippen molar-refractivity contribution in [2.45, 2.75) is 52.6 Å². The molecule has 0 radical (unpaired) electrons. The summed E-state index contributed by atoms with van der Waals surface area (Å²) in [5.41, 5.74) is 1.22. The SMILES string of the molecule is CCS(=O)(=O)N1CCC(C(=O)NCCCc2ccc(OC(C)C)cc2)CC1. The third kappa shape index (κ3) is 6.81. The zero-order chi connectivity index (χ0) is 19.9. The van der Waals surface area contributed by atoms with E-state index in [4.69, 9.17) is 4.74 Å². The lowest BCUT2D eigenvalue weighted by Crippen LogP contribution is -2.43. The highest BCUT2D eigenvalue weighted by Crippen LogP contribution is 2.20. The largest absolute Gasteiger partial charge is 0.491 e. The van der Waals surface area contributed by atoms with Gasteiger partial charge in [0.1, 0.15) is 5.75 Å². The minimum Gasteiger partial charge on any atom is -0.491 e. The highest BCUT2D eigenvalue weighted by atomic mass is 32.2. The standard InChI is InChI=1S/C20H32N2O4S/c1-4-27(24,25)22-14-11-18(12-15-22)20(23)21-13-5-6-17-7-9-19(10-8-17)26-16(2)3/h7-10,16,18H,4-6,11-15H2,1-3H3,(H,21,23). The Labute approximate surface area is 163 Å². The van der Waals surface area contributed by atoms with Crippen molar-refractivity contribution in [1.29, 1.82) is 0 Å². The Hall–Kier alpha value is -1.60. The molecule has 0 bridgehead atoms. The van der Waals surface area contributed by atoms with Gasteiger partial charge in [-0.2, -0.15) is 0 Å². The first-order valence-electron chi connectivity index (χ1n) is 9.83. The van der Waals surface area contributed by atoms with Gasteiger partial charge in [0.15, 0.2) is 0 Å². The summed E-state index contributed by atoms with van der Waals surface area (Å²) in [6, 6.07) is 8.07. The molecule has 0 aromatic heterocycles. The van der Waals surface area contributed by atoms with Gasteiger partial charge in [0.05, 0.1) is 11.9 Å². The van der Waals surface area contributed by atoms with Gasteiger partial charge in [-0.25, -0.2) is 12.7 Å². The smallest absolute Gasteiger partial charge is 0.223 e. The fourth-order valence-electron chi connectivity index (χ4n) is 3.23. The maximum atomic E-state index is 12.3. The molecule has 0 saturated carbocycles. The molecule has 1 aromatic carbocycles. The summed E-state index contributed by atoms with van der Waals surface area (Å²) in [4.78, 5) is 12.3. The molecule has 1 amide bonds. The molecule has 6 nitrogen and oxygen atoms in total. The topological polar surface area (TPSA) is 75.7 Å². The van der Waals surface area contributed by atoms with Crippen LogP contribution >= 0.6 is 0 Å². The number of amides is 1. The van der Waals surface area contributed by atoms with Crippen LogP contribution < -0.4 is 10.1 Å². The summed E-state index contributed by atoms with van der Waals surface area (Å²) < 4.78 is 30.9. The van der Waals surface area contributed by atoms with Crippen LogP contribution in [0.25, 0.3) is 0 Å². The van der Waals surface area contributed by atoms with Crippen molar-refractivity contribution in [1.82, 2.24) is 9.62 Å². The number of carbonyl (C=O) groups is 1. The predicted octanol–water partition coefficient (Wildman–Crippen LogP) is 2.58. The van der Waals surface area contributed by atoms with E-state index in [-0.39, 0.29) is 23.7 Å². The van der Waals surface area contributed by atoms with Gasteiger partial charge in [-0.1, -0.05) is 12.1 Å². The number of carbonyl (C=O) groups excluding carboxylic acids is 1. The van der Waals surface area contributed by atoms with Crippen LogP contribution in [-0.4, -0.2) is 50.1 Å². The number of sulfonamides is 1. The molecule has 1 N–H and O–H groups in total. The van der Waals surface area contributed by atoms with Crippen LogP contribution in [0, 0.1) is 5.92 Å². The van der Waals surface area contributed by atoms with Crippen molar-refractivity contribution in [2.75, 3.05) is 25.4 Å². The fourth-order valence-corrected chi connectivity index (χ4v) is 4.37. The molecule has 0 unspecified atom stereocenters. The summed E-state index contributed by atoms with van der Waals surface area (Å²) in [7, 11) is -3.14. The lowest BCUT2D eigenvalue weighted by Gasteiger charge is -2.30. The van der Waals surface area contributed by atoms with E-state index in [0.29, 0.717) is 32.5 Å². The second-order valence-electron chi connectivity index (χ2n) is 7.28. The number of benzene rings is 1. The van der Waals surface area contributed by atoms with Crippen molar-refractivity contribution < 1.29 is 17.9 Å². The number of ether oxygens (including phenoxy) is 1. The average Bonchev–Trinajstić information content (AvgIpc) is 2.66. The van der Waals surface area contributed by atoms with Crippen LogP contribution in [0.15, 0.2) is 24.3 Å². The zero-order valence-electron chi connectivity index (χ0n) is 16.6. The first-order chi connectivity index (χ1) is 12.8. The first-order valence-corrected chi connectivity index (χ1v) is 11.4. The van der Waals surface area contributed by atoms with Crippen molar-refractivity contribution in [3.05, 3.63) is 29.8 Å². The lowest BCUT2D eigenvalue weighted by atomic mass is 9.97. The molecule has 2 rings (SSSR count). The summed E-state index contributed by atoms with van der Waals surface area (Å²) in [5, 5.41) is 3.00. The highest BCUT2D eigenvalue weighted by molar-refractivity contribution is 7.89. The van der Waals surface area contributed by atoms with Crippen molar-refractivity contribution in [3.8, 4) is 5.75 Å². The van der Waals surface area contributed by atoms with Gasteiger partial charge in [-0.3, -0.25) is 4.79 Å². The van der Waals surface area contributed by atoms with Crippen LogP contribution in [0.4, 0.5) is 0 Å². The van der Waals surface area contributed by atoms with Crippen LogP contribution in [-0.2, 0) is 21.2 Å². The van der Waals surface area contributed by atoms with Crippen LogP contribution in [0.5, 0.6) is 5.75 Å². The van der Waals surface area contributed by atoms with Crippen LogP contribution in [0.1, 0.15) is 45.6 Å². The molecule has 1 aliphatic heterocycles. The summed E-state index contributed by atoms with van der Waals surface area (Å²) in [5.74, 6) is 0.956. The Kier molecular flexibility index (Phi) is 8.10. The number of rotatable bonds is 9. The monoisotopic (exact) mass is 396 g/mol. The zero-order valence-corrected chi connectivity index (χ0v) is 17.4. The van der Waals surface area contributed by atoms with Crippen LogP contribution in [0.3, 0.4) is 0 Å². The van der Waals surface area contributed by atoms with E-state index in [9.17, 15) is 13.2 Å². The second-order valence-corrected chi connectivity index (χ2v) is 9.54. The number of hydrogen-bond acceptors (Lipinski definition) is 4. The molecule has 27 heavy (non-hydrogen) atoms. The molecular formula is C20H32N2O4S. The van der Waals surface area contributed by atoms with E-state index in [0.717, 1.165) is 18.6 Å². The Morgan fingerprint density at radius 2 is 1.85 bits per heavy atom. The molecule has 1 fully saturated rings. The van der Waals surface area contributed by atoms with E-state index in [1.165, 1.54) is 9.87 Å². The van der Waals surface area contributed by atoms with E-state index in [1.54, 1.807) is 6.92 Å². The summed E-state index contributed by atoms with van der Waals surface area (Å²) in [6.07, 6.45) is 3.14. The third-order valence-electron chi connectivity index (χ3n) is 4.82. The molecule has 0 atom stereocenters. The highest BCUT2D eigenvalue weighted by Gasteiger charge is 2.29. The number of aryl methyl sites for hydroxylation is 1. The van der Waals surface area contributed by atoms with Gasteiger partial charge in [0, 0.05) is 25.6 Å². The van der Waals surface area contributed by atoms with Crippen LogP contribution in [0.2, 0.25) is 0 Å². The molecule has 152 valence electrons. The molecular weight excluding hydrogens is 364 g/mol. The molecule has 0 spiro atoms. The second kappa shape index (κ2) is 10.1. The van der Waals surface area contributed by atoms with Gasteiger partial charge in [-0.05, 0) is 64.2 Å². The third-order valence-corrected chi connectivity index (χ3v) is 6.70. The van der Waals surface area contributed by atoms with Gasteiger partial charge in [0.2, 0.25) is 15.9 Å². The maximum absolute atomic E-state index is 12.3. The maximum Gasteiger partial charge on any atom is 0.223 e. The molecule has 1 aliphatic rings. The minimum atomic E-state index is -3.14. The molecule has 1 saturated heterocycles. The predicted molar refractivity (Wildman–Crippen MR) is 107 cm³/mol. The number of piperidine rings is 1. The van der Waals surface area contributed by atoms with Crippen molar-refractivity contribution in [3.63, 3.8) is 0 Å².